The molecule has 0 bridgehead atoms. The average Bonchev–Trinajstić information content (AvgIpc) is 2.99. The lowest BCUT2D eigenvalue weighted by molar-refractivity contribution is 0.131. The summed E-state index contributed by atoms with van der Waals surface area (Å²) in [7, 11) is 0. The molecule has 0 aliphatic carbocycles. The number of ether oxygens (including phenoxy) is 2. The Balaban J connectivity index is 2.55. The number of hydrogen-bond acceptors (Lipinski definition) is 5. The fraction of sp³-hybridized carbons (Fsp3) is 0.838. The van der Waals surface area contributed by atoms with Crippen LogP contribution in [0.3, 0.4) is 0 Å². The standard InChI is InChI=1S/C37H69NO4/c1-5-8-10-11-12-13-14-15-16-17-18-19-20-22-35-27-36(41-31-33(4)30-38(23-25-39)24-26-40)29-37(28-35)42-32-34(7-3)21-9-6-2/h27-29,33-34,39-40H,5-26,30-32H2,1-4H3. The Morgan fingerprint density at radius 1 is 0.643 bits per heavy atom. The molecule has 0 amide bonds. The first-order chi connectivity index (χ1) is 20.6. The van der Waals surface area contributed by atoms with Crippen LogP contribution in [0.25, 0.3) is 0 Å². The van der Waals surface area contributed by atoms with Crippen LogP contribution in [-0.4, -0.2) is 61.2 Å². The van der Waals surface area contributed by atoms with Crippen molar-refractivity contribution < 1.29 is 19.7 Å². The van der Waals surface area contributed by atoms with Crippen molar-refractivity contribution in [1.82, 2.24) is 4.90 Å². The van der Waals surface area contributed by atoms with Gasteiger partial charge in [0.2, 0.25) is 0 Å². The maximum atomic E-state index is 9.32. The topological polar surface area (TPSA) is 62.2 Å². The molecule has 0 saturated carbocycles. The van der Waals surface area contributed by atoms with Crippen LogP contribution in [0.1, 0.15) is 142 Å². The van der Waals surface area contributed by atoms with E-state index in [0.717, 1.165) is 37.5 Å². The van der Waals surface area contributed by atoms with Gasteiger partial charge in [0.15, 0.2) is 0 Å². The van der Waals surface area contributed by atoms with Crippen LogP contribution in [0, 0.1) is 11.8 Å². The van der Waals surface area contributed by atoms with Crippen molar-refractivity contribution in [2.75, 3.05) is 46.1 Å². The SMILES string of the molecule is CCCCCCCCCCCCCCCc1cc(OCC(C)CN(CCO)CCO)cc(OCC(CC)CCCC)c1. The van der Waals surface area contributed by atoms with Gasteiger partial charge in [0, 0.05) is 31.6 Å². The molecular weight excluding hydrogens is 522 g/mol. The molecule has 1 rings (SSSR count). The highest BCUT2D eigenvalue weighted by Gasteiger charge is 2.13. The maximum Gasteiger partial charge on any atom is 0.123 e. The van der Waals surface area contributed by atoms with Gasteiger partial charge in [0.1, 0.15) is 11.5 Å². The van der Waals surface area contributed by atoms with Crippen molar-refractivity contribution in [2.45, 2.75) is 143 Å². The fourth-order valence-corrected chi connectivity index (χ4v) is 5.71. The van der Waals surface area contributed by atoms with Crippen LogP contribution >= 0.6 is 0 Å². The number of benzene rings is 1. The predicted octanol–water partition coefficient (Wildman–Crippen LogP) is 9.22. The van der Waals surface area contributed by atoms with Crippen LogP contribution in [0.5, 0.6) is 11.5 Å². The van der Waals surface area contributed by atoms with E-state index in [-0.39, 0.29) is 19.1 Å². The zero-order valence-corrected chi connectivity index (χ0v) is 28.2. The Labute approximate surface area is 260 Å². The van der Waals surface area contributed by atoms with Crippen molar-refractivity contribution in [3.05, 3.63) is 23.8 Å². The van der Waals surface area contributed by atoms with E-state index in [2.05, 4.69) is 50.8 Å². The minimum absolute atomic E-state index is 0.104. The molecule has 0 spiro atoms. The first-order valence-corrected chi connectivity index (χ1v) is 17.9. The van der Waals surface area contributed by atoms with Gasteiger partial charge in [-0.2, -0.15) is 0 Å². The molecule has 5 heteroatoms. The summed E-state index contributed by atoms with van der Waals surface area (Å²) >= 11 is 0. The molecule has 0 aromatic heterocycles. The van der Waals surface area contributed by atoms with Crippen LogP contribution in [0.4, 0.5) is 0 Å². The Kier molecular flexibility index (Phi) is 25.1. The van der Waals surface area contributed by atoms with Crippen molar-refractivity contribution in [3.8, 4) is 11.5 Å². The molecule has 2 unspecified atom stereocenters. The summed E-state index contributed by atoms with van der Waals surface area (Å²) in [5, 5.41) is 18.6. The Morgan fingerprint density at radius 2 is 1.14 bits per heavy atom. The molecular formula is C37H69NO4. The normalized spacial score (nSPS) is 13.0. The minimum atomic E-state index is 0.104. The van der Waals surface area contributed by atoms with Gasteiger partial charge in [-0.25, -0.2) is 0 Å². The van der Waals surface area contributed by atoms with Gasteiger partial charge in [-0.1, -0.05) is 124 Å². The van der Waals surface area contributed by atoms with Gasteiger partial charge in [-0.05, 0) is 42.9 Å². The van der Waals surface area contributed by atoms with Gasteiger partial charge in [-0.15, -0.1) is 0 Å². The highest BCUT2D eigenvalue weighted by molar-refractivity contribution is 5.38. The summed E-state index contributed by atoms with van der Waals surface area (Å²) in [6.45, 7) is 12.5. The second-order valence-electron chi connectivity index (χ2n) is 12.7. The summed E-state index contributed by atoms with van der Waals surface area (Å²) in [6, 6.07) is 6.49. The number of nitrogens with zero attached hydrogens (tertiary/aromatic N) is 1. The van der Waals surface area contributed by atoms with Crippen molar-refractivity contribution in [3.63, 3.8) is 0 Å². The Bertz CT molecular complexity index is 722. The second kappa shape index (κ2) is 27.3. The summed E-state index contributed by atoms with van der Waals surface area (Å²) < 4.78 is 12.6. The molecule has 1 aromatic rings. The molecule has 5 nitrogen and oxygen atoms in total. The van der Waals surface area contributed by atoms with Crippen LogP contribution in [0.15, 0.2) is 18.2 Å². The second-order valence-corrected chi connectivity index (χ2v) is 12.7. The Morgan fingerprint density at radius 3 is 1.64 bits per heavy atom. The van der Waals surface area contributed by atoms with E-state index < -0.39 is 0 Å². The highest BCUT2D eigenvalue weighted by Crippen LogP contribution is 2.26. The summed E-state index contributed by atoms with van der Waals surface area (Å²) in [6.07, 6.45) is 23.8. The molecule has 246 valence electrons. The van der Waals surface area contributed by atoms with E-state index in [0.29, 0.717) is 25.6 Å². The molecule has 0 aliphatic rings. The van der Waals surface area contributed by atoms with Gasteiger partial charge in [-0.3, -0.25) is 4.90 Å². The Hall–Kier alpha value is -1.30. The third kappa shape index (κ3) is 20.6. The van der Waals surface area contributed by atoms with Crippen molar-refractivity contribution >= 4 is 0 Å². The summed E-state index contributed by atoms with van der Waals surface area (Å²) in [4.78, 5) is 2.09. The van der Waals surface area contributed by atoms with Gasteiger partial charge < -0.3 is 19.7 Å². The molecule has 0 fully saturated rings. The fourth-order valence-electron chi connectivity index (χ4n) is 5.71. The first-order valence-electron chi connectivity index (χ1n) is 17.9. The third-order valence-corrected chi connectivity index (χ3v) is 8.47. The van der Waals surface area contributed by atoms with Crippen LogP contribution in [0.2, 0.25) is 0 Å². The maximum absolute atomic E-state index is 9.32. The summed E-state index contributed by atoms with van der Waals surface area (Å²) in [5.74, 6) is 2.71. The van der Waals surface area contributed by atoms with Gasteiger partial charge in [0.05, 0.1) is 26.4 Å². The number of rotatable bonds is 30. The van der Waals surface area contributed by atoms with E-state index >= 15 is 0 Å². The lowest BCUT2D eigenvalue weighted by Crippen LogP contribution is -2.35. The quantitative estimate of drug-likeness (QED) is 0.0873. The first kappa shape index (κ1) is 38.7. The molecule has 0 aliphatic heterocycles. The smallest absolute Gasteiger partial charge is 0.123 e. The number of unbranched alkanes of at least 4 members (excludes halogenated alkanes) is 13. The molecule has 0 saturated heterocycles. The summed E-state index contributed by atoms with van der Waals surface area (Å²) in [5.41, 5.74) is 1.31. The van der Waals surface area contributed by atoms with E-state index in [4.69, 9.17) is 9.47 Å². The number of aliphatic hydroxyl groups is 2. The van der Waals surface area contributed by atoms with E-state index in [1.54, 1.807) is 0 Å². The average molecular weight is 592 g/mol. The van der Waals surface area contributed by atoms with Crippen molar-refractivity contribution in [2.24, 2.45) is 11.8 Å². The number of aryl methyl sites for hydroxylation is 1. The van der Waals surface area contributed by atoms with Crippen LogP contribution < -0.4 is 9.47 Å². The van der Waals surface area contributed by atoms with Gasteiger partial charge >= 0.3 is 0 Å². The zero-order valence-electron chi connectivity index (χ0n) is 28.2. The number of hydrogen-bond donors (Lipinski definition) is 2. The molecule has 2 atom stereocenters. The van der Waals surface area contributed by atoms with Gasteiger partial charge in [0.25, 0.3) is 0 Å². The van der Waals surface area contributed by atoms with E-state index in [1.165, 1.54) is 108 Å². The molecule has 2 N–H and O–H groups in total. The minimum Gasteiger partial charge on any atom is -0.493 e. The molecule has 42 heavy (non-hydrogen) atoms. The third-order valence-electron chi connectivity index (χ3n) is 8.47. The lowest BCUT2D eigenvalue weighted by atomic mass is 10.0. The van der Waals surface area contributed by atoms with Crippen LogP contribution in [-0.2, 0) is 6.42 Å². The molecule has 0 heterocycles. The monoisotopic (exact) mass is 592 g/mol. The van der Waals surface area contributed by atoms with Crippen molar-refractivity contribution in [1.29, 1.82) is 0 Å². The number of aliphatic hydroxyl groups excluding tert-OH is 2. The molecule has 0 radical (unpaired) electrons. The van der Waals surface area contributed by atoms with E-state index in [1.807, 2.05) is 0 Å². The largest absolute Gasteiger partial charge is 0.493 e. The predicted molar refractivity (Wildman–Crippen MR) is 180 cm³/mol. The molecule has 1 aromatic carbocycles. The highest BCUT2D eigenvalue weighted by atomic mass is 16.5. The zero-order chi connectivity index (χ0) is 30.7. The lowest BCUT2D eigenvalue weighted by Gasteiger charge is -2.24. The van der Waals surface area contributed by atoms with E-state index in [9.17, 15) is 10.2 Å².